The van der Waals surface area contributed by atoms with Crippen LogP contribution in [0.15, 0.2) is 54.6 Å². The number of hydrogen-bond acceptors (Lipinski definition) is 4. The molecule has 0 saturated carbocycles. The fourth-order valence-electron chi connectivity index (χ4n) is 2.36. The zero-order valence-corrected chi connectivity index (χ0v) is 14.7. The molecule has 2 aromatic carbocycles. The van der Waals surface area contributed by atoms with Crippen LogP contribution in [0.4, 0.5) is 15.9 Å². The van der Waals surface area contributed by atoms with Crippen LogP contribution in [0.3, 0.4) is 0 Å². The maximum Gasteiger partial charge on any atom is 0.270 e. The van der Waals surface area contributed by atoms with Crippen molar-refractivity contribution in [1.29, 1.82) is 0 Å². The number of aryl methyl sites for hydroxylation is 1. The molecule has 1 heterocycles. The molecule has 0 saturated heterocycles. The Balaban J connectivity index is 1.75. The number of rotatable bonds is 5. The average Bonchev–Trinajstić information content (AvgIpc) is 2.62. The summed E-state index contributed by atoms with van der Waals surface area (Å²) in [6.07, 6.45) is 0. The second kappa shape index (κ2) is 7.93. The highest BCUT2D eigenvalue weighted by atomic mass is 35.5. The van der Waals surface area contributed by atoms with Crippen LogP contribution in [-0.4, -0.2) is 15.9 Å². The van der Waals surface area contributed by atoms with Crippen LogP contribution in [0.5, 0.6) is 0 Å². The molecule has 5 nitrogen and oxygen atoms in total. The summed E-state index contributed by atoms with van der Waals surface area (Å²) in [5.41, 5.74) is 1.26. The number of halogens is 2. The third-order valence-corrected chi connectivity index (χ3v) is 3.93. The van der Waals surface area contributed by atoms with Gasteiger partial charge in [-0.3, -0.25) is 4.79 Å². The Labute approximate surface area is 155 Å². The van der Waals surface area contributed by atoms with Crippen molar-refractivity contribution in [2.45, 2.75) is 13.5 Å². The monoisotopic (exact) mass is 370 g/mol. The highest BCUT2D eigenvalue weighted by Gasteiger charge is 2.12. The molecule has 3 rings (SSSR count). The summed E-state index contributed by atoms with van der Waals surface area (Å²) in [6, 6.07) is 15.0. The van der Waals surface area contributed by atoms with Gasteiger partial charge in [-0.05, 0) is 25.1 Å². The van der Waals surface area contributed by atoms with Gasteiger partial charge in [-0.15, -0.1) is 0 Å². The zero-order chi connectivity index (χ0) is 18.5. The van der Waals surface area contributed by atoms with E-state index < -0.39 is 5.91 Å². The number of anilines is 2. The van der Waals surface area contributed by atoms with Crippen LogP contribution < -0.4 is 10.6 Å². The van der Waals surface area contributed by atoms with E-state index in [1.54, 1.807) is 37.3 Å². The number of carbonyl (C=O) groups is 1. The molecular formula is C19H16ClFN4O. The van der Waals surface area contributed by atoms with E-state index in [2.05, 4.69) is 20.6 Å². The molecule has 2 N–H and O–H groups in total. The third-order valence-electron chi connectivity index (χ3n) is 3.60. The molecule has 0 fully saturated rings. The third kappa shape index (κ3) is 4.34. The number of para-hydroxylation sites is 1. The van der Waals surface area contributed by atoms with Gasteiger partial charge in [0.2, 0.25) is 0 Å². The van der Waals surface area contributed by atoms with Crippen molar-refractivity contribution < 1.29 is 9.18 Å². The predicted octanol–water partition coefficient (Wildman–Crippen LogP) is 4.25. The number of aromatic nitrogens is 2. The van der Waals surface area contributed by atoms with E-state index in [0.717, 1.165) is 0 Å². The molecule has 0 aliphatic heterocycles. The first-order valence-corrected chi connectivity index (χ1v) is 8.29. The molecule has 3 aromatic rings. The van der Waals surface area contributed by atoms with E-state index in [1.165, 1.54) is 12.1 Å². The van der Waals surface area contributed by atoms with Crippen molar-refractivity contribution in [2.75, 3.05) is 5.32 Å². The van der Waals surface area contributed by atoms with E-state index in [-0.39, 0.29) is 18.1 Å². The standard InChI is InChI=1S/C19H16ClFN4O/c1-12-23-17(19(26)22-11-13-6-2-4-8-15(13)21)10-18(24-12)25-16-9-5-3-7-14(16)20/h2-10H,11H2,1H3,(H,22,26)(H,23,24,25). The van der Waals surface area contributed by atoms with Crippen molar-refractivity contribution >= 4 is 29.0 Å². The number of carbonyl (C=O) groups excluding carboxylic acids is 1. The van der Waals surface area contributed by atoms with E-state index in [1.807, 2.05) is 12.1 Å². The number of nitrogens with zero attached hydrogens (tertiary/aromatic N) is 2. The van der Waals surface area contributed by atoms with Crippen LogP contribution in [0.2, 0.25) is 5.02 Å². The van der Waals surface area contributed by atoms with Gasteiger partial charge >= 0.3 is 0 Å². The lowest BCUT2D eigenvalue weighted by atomic mass is 10.2. The normalized spacial score (nSPS) is 10.4. The Hall–Kier alpha value is -2.99. The minimum absolute atomic E-state index is 0.0713. The highest BCUT2D eigenvalue weighted by molar-refractivity contribution is 6.33. The summed E-state index contributed by atoms with van der Waals surface area (Å²) < 4.78 is 13.7. The maximum absolute atomic E-state index is 13.7. The maximum atomic E-state index is 13.7. The molecule has 0 spiro atoms. The molecule has 0 aliphatic rings. The minimum Gasteiger partial charge on any atom is -0.347 e. The van der Waals surface area contributed by atoms with Gasteiger partial charge in [0.25, 0.3) is 5.91 Å². The lowest BCUT2D eigenvalue weighted by molar-refractivity contribution is 0.0945. The molecule has 0 unspecified atom stereocenters. The summed E-state index contributed by atoms with van der Waals surface area (Å²) in [6.45, 7) is 1.76. The van der Waals surface area contributed by atoms with Gasteiger partial charge in [-0.2, -0.15) is 0 Å². The average molecular weight is 371 g/mol. The molecule has 0 atom stereocenters. The highest BCUT2D eigenvalue weighted by Crippen LogP contribution is 2.24. The Kier molecular flexibility index (Phi) is 5.43. The molecule has 1 amide bonds. The van der Waals surface area contributed by atoms with E-state index >= 15 is 0 Å². The summed E-state index contributed by atoms with van der Waals surface area (Å²) in [5.74, 6) is 0.0911. The lowest BCUT2D eigenvalue weighted by Gasteiger charge is -2.10. The first-order valence-electron chi connectivity index (χ1n) is 7.92. The van der Waals surface area contributed by atoms with Gasteiger partial charge in [0.15, 0.2) is 0 Å². The Morgan fingerprint density at radius 2 is 1.85 bits per heavy atom. The molecule has 0 aliphatic carbocycles. The first-order chi connectivity index (χ1) is 12.5. The summed E-state index contributed by atoms with van der Waals surface area (Å²) in [4.78, 5) is 20.8. The predicted molar refractivity (Wildman–Crippen MR) is 99.1 cm³/mol. The Bertz CT molecular complexity index is 948. The second-order valence-electron chi connectivity index (χ2n) is 5.56. The fraction of sp³-hybridized carbons (Fsp3) is 0.105. The molecule has 1 aromatic heterocycles. The number of nitrogens with one attached hydrogen (secondary N) is 2. The minimum atomic E-state index is -0.416. The lowest BCUT2D eigenvalue weighted by Crippen LogP contribution is -2.25. The summed E-state index contributed by atoms with van der Waals surface area (Å²) in [7, 11) is 0. The number of hydrogen-bond donors (Lipinski definition) is 2. The quantitative estimate of drug-likeness (QED) is 0.704. The van der Waals surface area contributed by atoms with Gasteiger partial charge in [0, 0.05) is 18.2 Å². The van der Waals surface area contributed by atoms with Crippen LogP contribution in [0.1, 0.15) is 21.9 Å². The molecule has 7 heteroatoms. The van der Waals surface area contributed by atoms with E-state index in [9.17, 15) is 9.18 Å². The van der Waals surface area contributed by atoms with Gasteiger partial charge < -0.3 is 10.6 Å². The molecule has 26 heavy (non-hydrogen) atoms. The molecule has 0 bridgehead atoms. The SMILES string of the molecule is Cc1nc(Nc2ccccc2Cl)cc(C(=O)NCc2ccccc2F)n1. The van der Waals surface area contributed by atoms with Gasteiger partial charge in [0.05, 0.1) is 10.7 Å². The van der Waals surface area contributed by atoms with E-state index in [4.69, 9.17) is 11.6 Å². The number of benzene rings is 2. The van der Waals surface area contributed by atoms with Crippen molar-refractivity contribution in [3.63, 3.8) is 0 Å². The van der Waals surface area contributed by atoms with Crippen molar-refractivity contribution in [3.05, 3.63) is 82.5 Å². The summed E-state index contributed by atoms with van der Waals surface area (Å²) >= 11 is 6.13. The van der Waals surface area contributed by atoms with Crippen LogP contribution in [0.25, 0.3) is 0 Å². The van der Waals surface area contributed by atoms with Gasteiger partial charge in [-0.25, -0.2) is 14.4 Å². The van der Waals surface area contributed by atoms with Crippen LogP contribution in [0, 0.1) is 12.7 Å². The van der Waals surface area contributed by atoms with Crippen molar-refractivity contribution in [2.24, 2.45) is 0 Å². The van der Waals surface area contributed by atoms with Gasteiger partial charge in [0.1, 0.15) is 23.2 Å². The Morgan fingerprint density at radius 3 is 2.62 bits per heavy atom. The van der Waals surface area contributed by atoms with Crippen molar-refractivity contribution in [1.82, 2.24) is 15.3 Å². The topological polar surface area (TPSA) is 66.9 Å². The van der Waals surface area contributed by atoms with Crippen LogP contribution in [-0.2, 0) is 6.54 Å². The smallest absolute Gasteiger partial charge is 0.270 e. The zero-order valence-electron chi connectivity index (χ0n) is 14.0. The van der Waals surface area contributed by atoms with Crippen molar-refractivity contribution in [3.8, 4) is 0 Å². The molecular weight excluding hydrogens is 355 g/mol. The molecule has 0 radical (unpaired) electrons. The fourth-order valence-corrected chi connectivity index (χ4v) is 2.54. The largest absolute Gasteiger partial charge is 0.347 e. The number of amides is 1. The summed E-state index contributed by atoms with van der Waals surface area (Å²) in [5, 5.41) is 6.27. The first kappa shape index (κ1) is 17.8. The van der Waals surface area contributed by atoms with Gasteiger partial charge in [-0.1, -0.05) is 41.9 Å². The molecule has 132 valence electrons. The van der Waals surface area contributed by atoms with Crippen LogP contribution >= 0.6 is 11.6 Å². The van der Waals surface area contributed by atoms with E-state index in [0.29, 0.717) is 27.9 Å². The Morgan fingerprint density at radius 1 is 1.12 bits per heavy atom. The second-order valence-corrected chi connectivity index (χ2v) is 5.97.